The summed E-state index contributed by atoms with van der Waals surface area (Å²) < 4.78 is 11.1. The minimum Gasteiger partial charge on any atom is -0.381 e. The first-order chi connectivity index (χ1) is 14.1. The summed E-state index contributed by atoms with van der Waals surface area (Å²) in [5.74, 6) is 0.755. The number of morpholine rings is 1. The Hall–Kier alpha value is -1.38. The van der Waals surface area contributed by atoms with Crippen LogP contribution in [0.3, 0.4) is 0 Å². The van der Waals surface area contributed by atoms with Crippen LogP contribution < -0.4 is 5.32 Å². The average Bonchev–Trinajstić information content (AvgIpc) is 3.30. The molecule has 0 bridgehead atoms. The number of piperidine rings is 1. The van der Waals surface area contributed by atoms with Crippen molar-refractivity contribution < 1.29 is 19.1 Å². The highest BCUT2D eigenvalue weighted by atomic mass is 16.5. The Kier molecular flexibility index (Phi) is 8.56. The Morgan fingerprint density at radius 1 is 1.00 bits per heavy atom. The van der Waals surface area contributed by atoms with Gasteiger partial charge in [-0.3, -0.25) is 9.69 Å². The molecular formula is C21H38N4O4. The maximum Gasteiger partial charge on any atom is 0.317 e. The van der Waals surface area contributed by atoms with Gasteiger partial charge in [0.25, 0.3) is 0 Å². The number of carbonyl (C=O) groups excluding carboxylic acids is 2. The van der Waals surface area contributed by atoms with Crippen LogP contribution in [0, 0.1) is 11.8 Å². The number of carbonyl (C=O) groups is 2. The van der Waals surface area contributed by atoms with Gasteiger partial charge in [-0.2, -0.15) is 0 Å². The van der Waals surface area contributed by atoms with E-state index in [4.69, 9.17) is 9.47 Å². The summed E-state index contributed by atoms with van der Waals surface area (Å²) in [6, 6.07) is 0.294. The van der Waals surface area contributed by atoms with Crippen molar-refractivity contribution in [2.75, 3.05) is 72.2 Å². The maximum absolute atomic E-state index is 12.8. The number of rotatable bonds is 7. The normalized spacial score (nSPS) is 25.0. The highest BCUT2D eigenvalue weighted by Crippen LogP contribution is 2.23. The number of nitrogens with one attached hydrogen (secondary N) is 1. The van der Waals surface area contributed by atoms with Gasteiger partial charge >= 0.3 is 6.03 Å². The second kappa shape index (κ2) is 11.1. The van der Waals surface area contributed by atoms with Gasteiger partial charge in [0.15, 0.2) is 0 Å². The summed E-state index contributed by atoms with van der Waals surface area (Å²) in [5, 5.41) is 3.17. The molecule has 29 heavy (non-hydrogen) atoms. The largest absolute Gasteiger partial charge is 0.381 e. The molecule has 166 valence electrons. The van der Waals surface area contributed by atoms with Gasteiger partial charge in [0.05, 0.1) is 19.8 Å². The van der Waals surface area contributed by atoms with E-state index in [0.29, 0.717) is 31.6 Å². The van der Waals surface area contributed by atoms with Crippen molar-refractivity contribution in [2.24, 2.45) is 11.8 Å². The first-order valence-electron chi connectivity index (χ1n) is 11.3. The zero-order valence-corrected chi connectivity index (χ0v) is 18.1. The van der Waals surface area contributed by atoms with Gasteiger partial charge in [-0.05, 0) is 33.1 Å². The number of likely N-dealkylation sites (tertiary alicyclic amines) is 1. The van der Waals surface area contributed by atoms with E-state index in [0.717, 1.165) is 71.9 Å². The van der Waals surface area contributed by atoms with E-state index >= 15 is 0 Å². The van der Waals surface area contributed by atoms with Crippen LogP contribution in [-0.2, 0) is 14.3 Å². The lowest BCUT2D eigenvalue weighted by Gasteiger charge is -2.38. The molecule has 0 aromatic heterocycles. The van der Waals surface area contributed by atoms with Gasteiger partial charge in [0, 0.05) is 70.3 Å². The van der Waals surface area contributed by atoms with E-state index in [1.165, 1.54) is 0 Å². The van der Waals surface area contributed by atoms with Crippen molar-refractivity contribution in [1.29, 1.82) is 0 Å². The van der Waals surface area contributed by atoms with Gasteiger partial charge in [0.2, 0.25) is 5.91 Å². The van der Waals surface area contributed by atoms with Crippen LogP contribution in [0.4, 0.5) is 4.79 Å². The third-order valence-electron chi connectivity index (χ3n) is 6.69. The van der Waals surface area contributed by atoms with Crippen molar-refractivity contribution in [3.8, 4) is 0 Å². The summed E-state index contributed by atoms with van der Waals surface area (Å²) in [4.78, 5) is 31.5. The molecule has 0 saturated carbocycles. The lowest BCUT2D eigenvalue weighted by molar-refractivity contribution is -0.136. The molecule has 0 aliphatic carbocycles. The van der Waals surface area contributed by atoms with Crippen LogP contribution in [0.5, 0.6) is 0 Å². The maximum atomic E-state index is 12.8. The summed E-state index contributed by atoms with van der Waals surface area (Å²) in [5.41, 5.74) is 0. The van der Waals surface area contributed by atoms with Crippen LogP contribution >= 0.6 is 0 Å². The molecule has 0 spiro atoms. The first kappa shape index (κ1) is 22.3. The minimum atomic E-state index is -0.00378. The number of hydrogen-bond acceptors (Lipinski definition) is 5. The molecule has 3 aliphatic rings. The van der Waals surface area contributed by atoms with Crippen LogP contribution in [0.2, 0.25) is 0 Å². The van der Waals surface area contributed by atoms with Crippen LogP contribution in [-0.4, -0.2) is 105 Å². The standard InChI is InChI=1S/C21H38N4O4/c1-3-23(4-2)20(26)17-5-8-25(9-6-17)21(27)22-15-19(18-7-12-29-16-18)24-10-13-28-14-11-24/h17-19H,3-16H2,1-2H3,(H,22,27). The SMILES string of the molecule is CCN(CC)C(=O)C1CCN(C(=O)NCC(C2CCOC2)N2CCOCC2)CC1. The van der Waals surface area contributed by atoms with Crippen molar-refractivity contribution in [2.45, 2.75) is 39.2 Å². The second-order valence-electron chi connectivity index (χ2n) is 8.30. The third kappa shape index (κ3) is 5.83. The molecule has 2 atom stereocenters. The molecule has 3 heterocycles. The molecule has 1 N–H and O–H groups in total. The molecular weight excluding hydrogens is 372 g/mol. The molecule has 3 aliphatic heterocycles. The molecule has 3 rings (SSSR count). The fourth-order valence-electron chi connectivity index (χ4n) is 4.79. The van der Waals surface area contributed by atoms with E-state index in [2.05, 4.69) is 10.2 Å². The molecule has 0 radical (unpaired) electrons. The molecule has 8 nitrogen and oxygen atoms in total. The van der Waals surface area contributed by atoms with Gasteiger partial charge in [-0.25, -0.2) is 4.79 Å². The average molecular weight is 411 g/mol. The Labute approximate surface area is 174 Å². The third-order valence-corrected chi connectivity index (χ3v) is 6.69. The number of ether oxygens (including phenoxy) is 2. The zero-order valence-electron chi connectivity index (χ0n) is 18.1. The van der Waals surface area contributed by atoms with Crippen LogP contribution in [0.25, 0.3) is 0 Å². The van der Waals surface area contributed by atoms with Crippen LogP contribution in [0.15, 0.2) is 0 Å². The number of urea groups is 1. The Bertz CT molecular complexity index is 523. The second-order valence-corrected chi connectivity index (χ2v) is 8.30. The lowest BCUT2D eigenvalue weighted by atomic mass is 9.95. The van der Waals surface area contributed by atoms with Gasteiger partial charge < -0.3 is 24.6 Å². The molecule has 3 saturated heterocycles. The van der Waals surface area contributed by atoms with Crippen molar-refractivity contribution in [3.63, 3.8) is 0 Å². The molecule has 0 aromatic carbocycles. The lowest BCUT2D eigenvalue weighted by Crippen LogP contribution is -2.54. The van der Waals surface area contributed by atoms with E-state index in [1.807, 2.05) is 23.6 Å². The predicted molar refractivity (Wildman–Crippen MR) is 111 cm³/mol. The van der Waals surface area contributed by atoms with Crippen molar-refractivity contribution in [1.82, 2.24) is 20.0 Å². The predicted octanol–water partition coefficient (Wildman–Crippen LogP) is 1.01. The summed E-state index contributed by atoms with van der Waals surface area (Å²) in [7, 11) is 0. The Morgan fingerprint density at radius 3 is 2.28 bits per heavy atom. The zero-order chi connectivity index (χ0) is 20.6. The molecule has 3 amide bonds. The van der Waals surface area contributed by atoms with Crippen LogP contribution in [0.1, 0.15) is 33.1 Å². The summed E-state index contributed by atoms with van der Waals surface area (Å²) >= 11 is 0. The number of nitrogens with zero attached hydrogens (tertiary/aromatic N) is 3. The quantitative estimate of drug-likeness (QED) is 0.678. The highest BCUT2D eigenvalue weighted by molar-refractivity contribution is 5.79. The number of amides is 3. The molecule has 8 heteroatoms. The minimum absolute atomic E-state index is 0.00378. The topological polar surface area (TPSA) is 74.4 Å². The van der Waals surface area contributed by atoms with Gasteiger partial charge in [-0.1, -0.05) is 0 Å². The monoisotopic (exact) mass is 410 g/mol. The molecule has 3 fully saturated rings. The van der Waals surface area contributed by atoms with Gasteiger partial charge in [-0.15, -0.1) is 0 Å². The van der Waals surface area contributed by atoms with Crippen molar-refractivity contribution >= 4 is 11.9 Å². The molecule has 0 aromatic rings. The van der Waals surface area contributed by atoms with E-state index in [1.54, 1.807) is 0 Å². The Balaban J connectivity index is 1.47. The van der Waals surface area contributed by atoms with E-state index in [-0.39, 0.29) is 17.9 Å². The first-order valence-corrected chi connectivity index (χ1v) is 11.3. The van der Waals surface area contributed by atoms with Crippen molar-refractivity contribution in [3.05, 3.63) is 0 Å². The molecule has 2 unspecified atom stereocenters. The number of hydrogen-bond donors (Lipinski definition) is 1. The summed E-state index contributed by atoms with van der Waals surface area (Å²) in [6.07, 6.45) is 2.56. The fourth-order valence-corrected chi connectivity index (χ4v) is 4.79. The summed E-state index contributed by atoms with van der Waals surface area (Å²) in [6.45, 7) is 12.4. The van der Waals surface area contributed by atoms with E-state index < -0.39 is 0 Å². The highest BCUT2D eigenvalue weighted by Gasteiger charge is 2.33. The Morgan fingerprint density at radius 2 is 1.69 bits per heavy atom. The van der Waals surface area contributed by atoms with E-state index in [9.17, 15) is 9.59 Å². The fraction of sp³-hybridized carbons (Fsp3) is 0.905. The smallest absolute Gasteiger partial charge is 0.317 e. The van der Waals surface area contributed by atoms with Gasteiger partial charge in [0.1, 0.15) is 0 Å².